The van der Waals surface area contributed by atoms with Crippen molar-refractivity contribution >= 4 is 5.91 Å². The summed E-state index contributed by atoms with van der Waals surface area (Å²) < 4.78 is 0. The van der Waals surface area contributed by atoms with Crippen LogP contribution < -0.4 is 5.73 Å². The summed E-state index contributed by atoms with van der Waals surface area (Å²) in [5.74, 6) is 0.685. The minimum atomic E-state index is -0.913. The van der Waals surface area contributed by atoms with Gasteiger partial charge >= 0.3 is 0 Å². The van der Waals surface area contributed by atoms with Crippen molar-refractivity contribution in [2.75, 3.05) is 13.1 Å². The number of hydrogen-bond donors (Lipinski definition) is 1. The van der Waals surface area contributed by atoms with E-state index >= 15 is 0 Å². The van der Waals surface area contributed by atoms with Gasteiger partial charge in [-0.1, -0.05) is 43.7 Å². The minimum Gasteiger partial charge on any atom is -0.341 e. The molecule has 1 aromatic rings. The van der Waals surface area contributed by atoms with E-state index in [9.17, 15) is 4.79 Å². The fourth-order valence-electron chi connectivity index (χ4n) is 2.59. The smallest absolute Gasteiger partial charge is 0.246 e. The molecule has 1 aliphatic heterocycles. The molecule has 2 rings (SSSR count). The SMILES string of the molecule is CCC1CCN(C(=O)C(C)(N)c2ccccc2)C1. The molecule has 2 unspecified atom stereocenters. The second kappa shape index (κ2) is 5.11. The number of carbonyl (C=O) groups is 1. The van der Waals surface area contributed by atoms with Crippen molar-refractivity contribution in [3.05, 3.63) is 35.9 Å². The van der Waals surface area contributed by atoms with Crippen LogP contribution in [-0.2, 0) is 10.3 Å². The van der Waals surface area contributed by atoms with E-state index in [1.54, 1.807) is 0 Å². The largest absolute Gasteiger partial charge is 0.341 e. The number of nitrogens with two attached hydrogens (primary N) is 1. The van der Waals surface area contributed by atoms with Gasteiger partial charge in [-0.25, -0.2) is 0 Å². The molecule has 0 aromatic heterocycles. The Hall–Kier alpha value is -1.35. The number of rotatable bonds is 3. The number of amides is 1. The molecule has 1 saturated heterocycles. The second-order valence-corrected chi connectivity index (χ2v) is 5.38. The summed E-state index contributed by atoms with van der Waals surface area (Å²) >= 11 is 0. The Kier molecular flexibility index (Phi) is 3.71. The van der Waals surface area contributed by atoms with E-state index in [2.05, 4.69) is 6.92 Å². The quantitative estimate of drug-likeness (QED) is 0.888. The lowest BCUT2D eigenvalue weighted by Crippen LogP contribution is -2.50. The van der Waals surface area contributed by atoms with Crippen LogP contribution in [0.15, 0.2) is 30.3 Å². The van der Waals surface area contributed by atoms with E-state index in [-0.39, 0.29) is 5.91 Å². The highest BCUT2D eigenvalue weighted by Crippen LogP contribution is 2.25. The van der Waals surface area contributed by atoms with Gasteiger partial charge in [-0.15, -0.1) is 0 Å². The molecular formula is C15H22N2O. The molecule has 1 amide bonds. The van der Waals surface area contributed by atoms with E-state index in [1.165, 1.54) is 0 Å². The van der Waals surface area contributed by atoms with Crippen LogP contribution in [0.5, 0.6) is 0 Å². The molecule has 0 spiro atoms. The van der Waals surface area contributed by atoms with Crippen molar-refractivity contribution in [3.63, 3.8) is 0 Å². The predicted octanol–water partition coefficient (Wildman–Crippen LogP) is 2.12. The van der Waals surface area contributed by atoms with Crippen LogP contribution >= 0.6 is 0 Å². The van der Waals surface area contributed by atoms with Gasteiger partial charge in [0.15, 0.2) is 0 Å². The molecule has 0 aliphatic carbocycles. The van der Waals surface area contributed by atoms with Gasteiger partial charge in [-0.3, -0.25) is 4.79 Å². The number of benzene rings is 1. The van der Waals surface area contributed by atoms with E-state index in [1.807, 2.05) is 42.2 Å². The molecular weight excluding hydrogens is 224 g/mol. The Balaban J connectivity index is 2.13. The van der Waals surface area contributed by atoms with Gasteiger partial charge in [0.05, 0.1) is 0 Å². The minimum absolute atomic E-state index is 0.0460. The molecule has 3 nitrogen and oxygen atoms in total. The zero-order chi connectivity index (χ0) is 13.2. The monoisotopic (exact) mass is 246 g/mol. The molecule has 0 radical (unpaired) electrons. The lowest BCUT2D eigenvalue weighted by atomic mass is 9.92. The van der Waals surface area contributed by atoms with Crippen LogP contribution in [0.4, 0.5) is 0 Å². The number of likely N-dealkylation sites (tertiary alicyclic amines) is 1. The van der Waals surface area contributed by atoms with Crippen LogP contribution in [0.1, 0.15) is 32.3 Å². The Morgan fingerprint density at radius 2 is 2.11 bits per heavy atom. The van der Waals surface area contributed by atoms with Gasteiger partial charge in [-0.2, -0.15) is 0 Å². The Morgan fingerprint density at radius 1 is 1.44 bits per heavy atom. The number of hydrogen-bond acceptors (Lipinski definition) is 2. The molecule has 18 heavy (non-hydrogen) atoms. The van der Waals surface area contributed by atoms with Crippen LogP contribution in [-0.4, -0.2) is 23.9 Å². The number of carbonyl (C=O) groups excluding carboxylic acids is 1. The van der Waals surface area contributed by atoms with Gasteiger partial charge < -0.3 is 10.6 Å². The summed E-state index contributed by atoms with van der Waals surface area (Å²) in [4.78, 5) is 14.4. The molecule has 2 atom stereocenters. The summed E-state index contributed by atoms with van der Waals surface area (Å²) in [5, 5.41) is 0. The summed E-state index contributed by atoms with van der Waals surface area (Å²) in [5.41, 5.74) is 6.23. The van der Waals surface area contributed by atoms with Crippen molar-refractivity contribution in [2.45, 2.75) is 32.2 Å². The fourth-order valence-corrected chi connectivity index (χ4v) is 2.59. The third kappa shape index (κ3) is 2.41. The summed E-state index contributed by atoms with van der Waals surface area (Å²) in [6, 6.07) is 9.63. The first kappa shape index (κ1) is 13.1. The molecule has 2 N–H and O–H groups in total. The van der Waals surface area contributed by atoms with Crippen LogP contribution in [0.25, 0.3) is 0 Å². The first-order valence-corrected chi connectivity index (χ1v) is 6.69. The predicted molar refractivity (Wildman–Crippen MR) is 73.0 cm³/mol. The Bertz CT molecular complexity index is 414. The van der Waals surface area contributed by atoms with Crippen LogP contribution in [0.2, 0.25) is 0 Å². The highest BCUT2D eigenvalue weighted by atomic mass is 16.2. The van der Waals surface area contributed by atoms with Gasteiger partial charge in [-0.05, 0) is 24.8 Å². The third-order valence-corrected chi connectivity index (χ3v) is 3.97. The molecule has 3 heteroatoms. The maximum absolute atomic E-state index is 12.5. The summed E-state index contributed by atoms with van der Waals surface area (Å²) in [6.45, 7) is 5.69. The van der Waals surface area contributed by atoms with Gasteiger partial charge in [0.25, 0.3) is 0 Å². The van der Waals surface area contributed by atoms with Crippen molar-refractivity contribution in [1.82, 2.24) is 4.90 Å². The normalized spacial score (nSPS) is 22.8. The van der Waals surface area contributed by atoms with Crippen LogP contribution in [0, 0.1) is 5.92 Å². The third-order valence-electron chi connectivity index (χ3n) is 3.97. The van der Waals surface area contributed by atoms with Crippen molar-refractivity contribution in [3.8, 4) is 0 Å². The van der Waals surface area contributed by atoms with Crippen LogP contribution in [0.3, 0.4) is 0 Å². The van der Waals surface area contributed by atoms with Crippen molar-refractivity contribution < 1.29 is 4.79 Å². The second-order valence-electron chi connectivity index (χ2n) is 5.38. The summed E-state index contributed by atoms with van der Waals surface area (Å²) in [6.07, 6.45) is 2.24. The first-order chi connectivity index (χ1) is 8.55. The van der Waals surface area contributed by atoms with Crippen molar-refractivity contribution in [1.29, 1.82) is 0 Å². The Morgan fingerprint density at radius 3 is 2.67 bits per heavy atom. The highest BCUT2D eigenvalue weighted by Gasteiger charge is 2.37. The average Bonchev–Trinajstić information content (AvgIpc) is 2.87. The molecule has 0 bridgehead atoms. The molecule has 0 saturated carbocycles. The summed E-state index contributed by atoms with van der Waals surface area (Å²) in [7, 11) is 0. The lowest BCUT2D eigenvalue weighted by Gasteiger charge is -2.29. The maximum Gasteiger partial charge on any atom is 0.246 e. The van der Waals surface area contributed by atoms with E-state index in [4.69, 9.17) is 5.73 Å². The molecule has 1 fully saturated rings. The molecule has 1 heterocycles. The number of nitrogens with zero attached hydrogens (tertiary/aromatic N) is 1. The van der Waals surface area contributed by atoms with Gasteiger partial charge in [0, 0.05) is 13.1 Å². The highest BCUT2D eigenvalue weighted by molar-refractivity contribution is 5.87. The van der Waals surface area contributed by atoms with Gasteiger partial charge in [0.1, 0.15) is 5.54 Å². The Labute approximate surface area is 109 Å². The first-order valence-electron chi connectivity index (χ1n) is 6.69. The molecule has 98 valence electrons. The lowest BCUT2D eigenvalue weighted by molar-refractivity contribution is -0.135. The zero-order valence-electron chi connectivity index (χ0n) is 11.2. The van der Waals surface area contributed by atoms with E-state index in [0.717, 1.165) is 31.5 Å². The standard InChI is InChI=1S/C15H22N2O/c1-3-12-9-10-17(11-12)14(18)15(2,16)13-7-5-4-6-8-13/h4-8,12H,3,9-11,16H2,1-2H3. The van der Waals surface area contributed by atoms with E-state index < -0.39 is 5.54 Å². The van der Waals surface area contributed by atoms with E-state index in [0.29, 0.717) is 5.92 Å². The zero-order valence-corrected chi connectivity index (χ0v) is 11.2. The van der Waals surface area contributed by atoms with Gasteiger partial charge in [0.2, 0.25) is 5.91 Å². The maximum atomic E-state index is 12.5. The fraction of sp³-hybridized carbons (Fsp3) is 0.533. The molecule has 1 aromatic carbocycles. The van der Waals surface area contributed by atoms with Crippen molar-refractivity contribution in [2.24, 2.45) is 11.7 Å². The topological polar surface area (TPSA) is 46.3 Å². The molecule has 1 aliphatic rings. The average molecular weight is 246 g/mol.